The van der Waals surface area contributed by atoms with E-state index in [1.807, 2.05) is 0 Å². The Labute approximate surface area is 192 Å². The molecular formula is C22H15N5O6S. The van der Waals surface area contributed by atoms with E-state index in [-0.39, 0.29) is 32.3 Å². The van der Waals surface area contributed by atoms with Crippen LogP contribution in [0.1, 0.15) is 33.2 Å². The molecule has 0 saturated heterocycles. The van der Waals surface area contributed by atoms with Gasteiger partial charge in [-0.1, -0.05) is 12.1 Å². The average Bonchev–Trinajstić information content (AvgIpc) is 3.32. The lowest BCUT2D eigenvalue weighted by Gasteiger charge is -2.19. The summed E-state index contributed by atoms with van der Waals surface area (Å²) < 4.78 is 31.3. The summed E-state index contributed by atoms with van der Waals surface area (Å²) in [6, 6.07) is 9.51. The van der Waals surface area contributed by atoms with Crippen LogP contribution in [0.5, 0.6) is 0 Å². The summed E-state index contributed by atoms with van der Waals surface area (Å²) >= 11 is 0. The fourth-order valence-corrected chi connectivity index (χ4v) is 5.25. The van der Waals surface area contributed by atoms with E-state index in [0.29, 0.717) is 11.2 Å². The highest BCUT2D eigenvalue weighted by Gasteiger charge is 2.35. The number of amides is 1. The van der Waals surface area contributed by atoms with Crippen LogP contribution < -0.4 is 5.32 Å². The minimum atomic E-state index is -4.02. The number of aromatic amines is 1. The SMILES string of the molecule is C[C@H](OC(=O)c1ccc2c(c1)S(=O)(=O)c1ccccc1C2=O)C(=O)Nc1ncnc2nc[nH]c12. The average molecular weight is 477 g/mol. The lowest BCUT2D eigenvalue weighted by molar-refractivity contribution is -0.123. The van der Waals surface area contributed by atoms with E-state index in [0.717, 1.165) is 6.07 Å². The highest BCUT2D eigenvalue weighted by Crippen LogP contribution is 2.34. The van der Waals surface area contributed by atoms with Gasteiger partial charge in [0.05, 0.1) is 21.7 Å². The first-order chi connectivity index (χ1) is 16.3. The molecule has 1 aliphatic rings. The Morgan fingerprint density at radius 2 is 1.79 bits per heavy atom. The first-order valence-electron chi connectivity index (χ1n) is 9.96. The Hall–Kier alpha value is -4.45. The number of fused-ring (bicyclic) bond motifs is 3. The van der Waals surface area contributed by atoms with Gasteiger partial charge in [-0.2, -0.15) is 0 Å². The van der Waals surface area contributed by atoms with Crippen molar-refractivity contribution in [1.82, 2.24) is 19.9 Å². The van der Waals surface area contributed by atoms with Crippen LogP contribution in [-0.2, 0) is 19.4 Å². The zero-order chi connectivity index (χ0) is 24.0. The second-order valence-corrected chi connectivity index (χ2v) is 9.29. The number of esters is 1. The topological polar surface area (TPSA) is 161 Å². The van der Waals surface area contributed by atoms with Gasteiger partial charge in [0.25, 0.3) is 5.91 Å². The van der Waals surface area contributed by atoms with Crippen LogP contribution >= 0.6 is 0 Å². The number of hydrogen-bond donors (Lipinski definition) is 2. The number of H-pyrrole nitrogens is 1. The first kappa shape index (κ1) is 21.4. The molecule has 0 unspecified atom stereocenters. The molecule has 1 atom stereocenters. The maximum atomic E-state index is 13.0. The van der Waals surface area contributed by atoms with Crippen LogP contribution in [0.2, 0.25) is 0 Å². The van der Waals surface area contributed by atoms with Crippen molar-refractivity contribution in [3.63, 3.8) is 0 Å². The molecule has 0 saturated carbocycles. The van der Waals surface area contributed by atoms with Crippen LogP contribution in [0.25, 0.3) is 11.2 Å². The normalized spacial score (nSPS) is 14.7. The minimum Gasteiger partial charge on any atom is -0.449 e. The van der Waals surface area contributed by atoms with E-state index in [9.17, 15) is 22.8 Å². The molecule has 11 nitrogen and oxygen atoms in total. The van der Waals surface area contributed by atoms with Gasteiger partial charge in [-0.25, -0.2) is 28.2 Å². The number of ketones is 1. The second-order valence-electron chi connectivity index (χ2n) is 7.40. The Morgan fingerprint density at radius 1 is 1.03 bits per heavy atom. The highest BCUT2D eigenvalue weighted by atomic mass is 32.2. The smallest absolute Gasteiger partial charge is 0.338 e. The standard InChI is InChI=1S/C22H15N5O6S/c1-11(21(29)27-20-17-19(24-9-23-17)25-10-26-20)33-22(30)12-6-7-14-16(8-12)34(31,32)15-5-3-2-4-13(15)18(14)28/h2-11H,1H3,(H2,23,24,25,26,27,29)/t11-/m0/s1. The molecule has 1 amide bonds. The zero-order valence-electron chi connectivity index (χ0n) is 17.5. The van der Waals surface area contributed by atoms with Gasteiger partial charge in [-0.3, -0.25) is 9.59 Å². The summed E-state index contributed by atoms with van der Waals surface area (Å²) in [4.78, 5) is 52.2. The number of nitrogens with one attached hydrogen (secondary N) is 2. The van der Waals surface area contributed by atoms with Crippen LogP contribution in [0.4, 0.5) is 5.82 Å². The highest BCUT2D eigenvalue weighted by molar-refractivity contribution is 7.91. The van der Waals surface area contributed by atoms with E-state index in [4.69, 9.17) is 4.74 Å². The molecule has 1 aliphatic heterocycles. The van der Waals surface area contributed by atoms with Gasteiger partial charge in [0.15, 0.2) is 23.4 Å². The van der Waals surface area contributed by atoms with E-state index < -0.39 is 33.6 Å². The van der Waals surface area contributed by atoms with Crippen molar-refractivity contribution in [2.75, 3.05) is 5.32 Å². The zero-order valence-corrected chi connectivity index (χ0v) is 18.3. The first-order valence-corrected chi connectivity index (χ1v) is 11.4. The van der Waals surface area contributed by atoms with Crippen molar-refractivity contribution in [3.05, 3.63) is 71.8 Å². The van der Waals surface area contributed by atoms with Gasteiger partial charge in [0.2, 0.25) is 9.84 Å². The number of sulfone groups is 1. The fraction of sp³-hybridized carbons (Fsp3) is 0.0909. The van der Waals surface area contributed by atoms with Gasteiger partial charge in [0, 0.05) is 11.1 Å². The molecule has 170 valence electrons. The third-order valence-electron chi connectivity index (χ3n) is 5.29. The lowest BCUT2D eigenvalue weighted by atomic mass is 10.0. The number of ether oxygens (including phenoxy) is 1. The molecule has 0 fully saturated rings. The Kier molecular flexibility index (Phi) is 4.94. The maximum Gasteiger partial charge on any atom is 0.338 e. The van der Waals surface area contributed by atoms with Crippen LogP contribution in [0, 0.1) is 0 Å². The van der Waals surface area contributed by atoms with E-state index in [1.165, 1.54) is 49.9 Å². The van der Waals surface area contributed by atoms with Gasteiger partial charge >= 0.3 is 5.97 Å². The summed E-state index contributed by atoms with van der Waals surface area (Å²) in [7, 11) is -4.02. The predicted octanol–water partition coefficient (Wildman–Crippen LogP) is 1.91. The summed E-state index contributed by atoms with van der Waals surface area (Å²) in [5.74, 6) is -1.89. The van der Waals surface area contributed by atoms with Crippen LogP contribution in [0.15, 0.2) is 64.9 Å². The van der Waals surface area contributed by atoms with Crippen molar-refractivity contribution in [3.8, 4) is 0 Å². The number of nitrogens with zero attached hydrogens (tertiary/aromatic N) is 3. The van der Waals surface area contributed by atoms with Crippen LogP contribution in [0.3, 0.4) is 0 Å². The lowest BCUT2D eigenvalue weighted by Crippen LogP contribution is -2.30. The quantitative estimate of drug-likeness (QED) is 0.368. The molecule has 2 aromatic heterocycles. The van der Waals surface area contributed by atoms with Crippen molar-refractivity contribution < 1.29 is 27.5 Å². The summed E-state index contributed by atoms with van der Waals surface area (Å²) in [5, 5.41) is 2.53. The third-order valence-corrected chi connectivity index (χ3v) is 7.14. The predicted molar refractivity (Wildman–Crippen MR) is 117 cm³/mol. The van der Waals surface area contributed by atoms with Crippen molar-refractivity contribution in [1.29, 1.82) is 0 Å². The number of carbonyl (C=O) groups excluding carboxylic acids is 3. The van der Waals surface area contributed by atoms with Gasteiger partial charge in [-0.05, 0) is 37.3 Å². The molecule has 34 heavy (non-hydrogen) atoms. The van der Waals surface area contributed by atoms with E-state index in [1.54, 1.807) is 6.07 Å². The Bertz CT molecular complexity index is 1610. The monoisotopic (exact) mass is 477 g/mol. The number of hydrogen-bond acceptors (Lipinski definition) is 9. The number of rotatable bonds is 4. The minimum absolute atomic E-state index is 0.0339. The number of benzene rings is 2. The molecule has 4 aromatic rings. The molecule has 2 aromatic carbocycles. The molecule has 0 spiro atoms. The van der Waals surface area contributed by atoms with E-state index in [2.05, 4.69) is 25.3 Å². The molecule has 5 rings (SSSR count). The molecule has 0 bridgehead atoms. The molecule has 2 N–H and O–H groups in total. The van der Waals surface area contributed by atoms with Crippen molar-refractivity contribution >= 4 is 44.5 Å². The van der Waals surface area contributed by atoms with Crippen molar-refractivity contribution in [2.45, 2.75) is 22.8 Å². The summed E-state index contributed by atoms with van der Waals surface area (Å²) in [5.41, 5.74) is 0.674. The third kappa shape index (κ3) is 3.40. The Morgan fingerprint density at radius 3 is 2.62 bits per heavy atom. The second kappa shape index (κ2) is 7.85. The number of anilines is 1. The van der Waals surface area contributed by atoms with Gasteiger partial charge in [-0.15, -0.1) is 0 Å². The summed E-state index contributed by atoms with van der Waals surface area (Å²) in [6.45, 7) is 1.35. The summed E-state index contributed by atoms with van der Waals surface area (Å²) in [6.07, 6.45) is 1.38. The van der Waals surface area contributed by atoms with E-state index >= 15 is 0 Å². The number of carbonyl (C=O) groups is 3. The molecule has 0 radical (unpaired) electrons. The van der Waals surface area contributed by atoms with Gasteiger partial charge in [0.1, 0.15) is 11.8 Å². The molecular weight excluding hydrogens is 462 g/mol. The number of aromatic nitrogens is 4. The molecule has 3 heterocycles. The fourth-order valence-electron chi connectivity index (χ4n) is 3.57. The molecule has 12 heteroatoms. The largest absolute Gasteiger partial charge is 0.449 e. The van der Waals surface area contributed by atoms with Crippen molar-refractivity contribution in [2.24, 2.45) is 0 Å². The Balaban J connectivity index is 1.37. The maximum absolute atomic E-state index is 13.0. The number of imidazole rings is 1. The van der Waals surface area contributed by atoms with Gasteiger partial charge < -0.3 is 15.0 Å². The van der Waals surface area contributed by atoms with Crippen LogP contribution in [-0.4, -0.2) is 52.1 Å². The molecule has 0 aliphatic carbocycles.